The maximum absolute atomic E-state index is 11.8. The molecule has 25 heavy (non-hydrogen) atoms. The minimum atomic E-state index is -1.16. The molecule has 0 radical (unpaired) electrons. The van der Waals surface area contributed by atoms with Crippen LogP contribution >= 0.6 is 0 Å². The van der Waals surface area contributed by atoms with E-state index in [0.717, 1.165) is 5.56 Å². The summed E-state index contributed by atoms with van der Waals surface area (Å²) in [7, 11) is 1.50. The van der Waals surface area contributed by atoms with Crippen molar-refractivity contribution in [3.63, 3.8) is 0 Å². The number of alkyl carbamates (subject to hydrolysis) is 1. The van der Waals surface area contributed by atoms with Gasteiger partial charge in [0, 0.05) is 13.5 Å². The fourth-order valence-corrected chi connectivity index (χ4v) is 2.06. The number of hydrogen-bond acceptors (Lipinski definition) is 7. The Morgan fingerprint density at radius 3 is 2.76 bits per heavy atom. The Hall–Kier alpha value is -3.01. The molecule has 0 unspecified atom stereocenters. The van der Waals surface area contributed by atoms with E-state index in [0.29, 0.717) is 5.82 Å². The summed E-state index contributed by atoms with van der Waals surface area (Å²) in [6.07, 6.45) is -0.431. The first kappa shape index (κ1) is 18.3. The molecule has 0 fully saturated rings. The van der Waals surface area contributed by atoms with Crippen molar-refractivity contribution >= 4 is 12.1 Å². The van der Waals surface area contributed by atoms with Crippen LogP contribution in [0.3, 0.4) is 0 Å². The van der Waals surface area contributed by atoms with Crippen molar-refractivity contribution in [2.45, 2.75) is 32.2 Å². The molecule has 0 bridgehead atoms. The zero-order valence-electron chi connectivity index (χ0n) is 13.7. The van der Waals surface area contributed by atoms with Gasteiger partial charge in [-0.2, -0.15) is 0 Å². The molecule has 2 N–H and O–H groups in total. The third-order valence-electron chi connectivity index (χ3n) is 3.32. The SMILES string of the molecule is COCn1nnnc1CC[C@H](NC(=O)OCc1ccccc1)C(=O)O. The second kappa shape index (κ2) is 9.33. The van der Waals surface area contributed by atoms with E-state index < -0.39 is 18.1 Å². The average molecular weight is 349 g/mol. The lowest BCUT2D eigenvalue weighted by Crippen LogP contribution is -2.41. The summed E-state index contributed by atoms with van der Waals surface area (Å²) in [5.74, 6) is -0.699. The van der Waals surface area contributed by atoms with Crippen LogP contribution in [0.25, 0.3) is 0 Å². The summed E-state index contributed by atoms with van der Waals surface area (Å²) in [5, 5.41) is 22.6. The minimum absolute atomic E-state index is 0.0606. The fourth-order valence-electron chi connectivity index (χ4n) is 2.06. The van der Waals surface area contributed by atoms with Crippen LogP contribution in [0.5, 0.6) is 0 Å². The van der Waals surface area contributed by atoms with E-state index in [4.69, 9.17) is 9.47 Å². The van der Waals surface area contributed by atoms with E-state index in [9.17, 15) is 14.7 Å². The highest BCUT2D eigenvalue weighted by Crippen LogP contribution is 2.04. The predicted molar refractivity (Wildman–Crippen MR) is 84.3 cm³/mol. The molecule has 1 amide bonds. The maximum atomic E-state index is 11.8. The first-order valence-corrected chi connectivity index (χ1v) is 7.54. The number of carbonyl (C=O) groups excluding carboxylic acids is 1. The minimum Gasteiger partial charge on any atom is -0.480 e. The van der Waals surface area contributed by atoms with Crippen molar-refractivity contribution in [2.24, 2.45) is 0 Å². The summed E-state index contributed by atoms with van der Waals surface area (Å²) in [6, 6.07) is 7.98. The van der Waals surface area contributed by atoms with E-state index in [2.05, 4.69) is 20.8 Å². The number of nitrogens with one attached hydrogen (secondary N) is 1. The Balaban J connectivity index is 1.84. The molecule has 0 saturated carbocycles. The second-order valence-corrected chi connectivity index (χ2v) is 5.15. The van der Waals surface area contributed by atoms with E-state index in [1.54, 1.807) is 12.1 Å². The molecule has 1 atom stereocenters. The van der Waals surface area contributed by atoms with Crippen molar-refractivity contribution in [1.82, 2.24) is 25.5 Å². The molecule has 134 valence electrons. The van der Waals surface area contributed by atoms with Gasteiger partial charge < -0.3 is 19.9 Å². The standard InChI is InChI=1S/C15H19N5O5/c1-24-10-20-13(17-18-19-20)8-7-12(14(21)22)16-15(23)25-9-11-5-3-2-4-6-11/h2-6,12H,7-10H2,1H3,(H,16,23)(H,21,22)/t12-/m0/s1. The van der Waals surface area contributed by atoms with Gasteiger partial charge >= 0.3 is 12.1 Å². The number of rotatable bonds is 9. The summed E-state index contributed by atoms with van der Waals surface area (Å²) < 4.78 is 11.4. The Kier molecular flexibility index (Phi) is 6.84. The Morgan fingerprint density at radius 2 is 2.08 bits per heavy atom. The summed E-state index contributed by atoms with van der Waals surface area (Å²) in [4.78, 5) is 23.1. The third kappa shape index (κ3) is 5.84. The molecule has 0 aliphatic heterocycles. The smallest absolute Gasteiger partial charge is 0.408 e. The van der Waals surface area contributed by atoms with Gasteiger partial charge in [0.05, 0.1) is 0 Å². The number of aryl methyl sites for hydroxylation is 1. The number of carbonyl (C=O) groups is 2. The molecular formula is C15H19N5O5. The van der Waals surface area contributed by atoms with Crippen molar-refractivity contribution in [3.05, 3.63) is 41.7 Å². The number of ether oxygens (including phenoxy) is 2. The molecule has 10 heteroatoms. The number of nitrogens with zero attached hydrogens (tertiary/aromatic N) is 4. The number of amides is 1. The third-order valence-corrected chi connectivity index (χ3v) is 3.32. The molecule has 0 saturated heterocycles. The number of hydrogen-bond donors (Lipinski definition) is 2. The first-order valence-electron chi connectivity index (χ1n) is 7.54. The van der Waals surface area contributed by atoms with Gasteiger partial charge in [-0.15, -0.1) is 5.10 Å². The van der Waals surface area contributed by atoms with E-state index >= 15 is 0 Å². The van der Waals surface area contributed by atoms with Gasteiger partial charge in [-0.3, -0.25) is 0 Å². The van der Waals surface area contributed by atoms with Crippen LogP contribution in [0.2, 0.25) is 0 Å². The number of methoxy groups -OCH3 is 1. The van der Waals surface area contributed by atoms with E-state index in [-0.39, 0.29) is 26.2 Å². The number of aromatic nitrogens is 4. The van der Waals surface area contributed by atoms with Crippen LogP contribution in [0.4, 0.5) is 4.79 Å². The normalized spacial score (nSPS) is 11.7. The molecule has 0 spiro atoms. The number of benzene rings is 1. The van der Waals surface area contributed by atoms with Gasteiger partial charge in [0.15, 0.2) is 5.82 Å². The molecule has 0 aliphatic carbocycles. The van der Waals surface area contributed by atoms with Gasteiger partial charge in [0.2, 0.25) is 0 Å². The molecule has 1 aromatic carbocycles. The summed E-state index contributed by atoms with van der Waals surface area (Å²) in [6.45, 7) is 0.220. The number of carboxylic acid groups (broad SMARTS) is 1. The van der Waals surface area contributed by atoms with Gasteiger partial charge in [-0.05, 0) is 22.4 Å². The van der Waals surface area contributed by atoms with Gasteiger partial charge in [-0.1, -0.05) is 30.3 Å². The Morgan fingerprint density at radius 1 is 1.32 bits per heavy atom. The highest BCUT2D eigenvalue weighted by atomic mass is 16.5. The van der Waals surface area contributed by atoms with Gasteiger partial charge in [0.25, 0.3) is 0 Å². The molecule has 2 aromatic rings. The van der Waals surface area contributed by atoms with Crippen LogP contribution in [-0.2, 0) is 34.0 Å². The Bertz CT molecular complexity index is 691. The molecular weight excluding hydrogens is 330 g/mol. The van der Waals surface area contributed by atoms with Gasteiger partial charge in [-0.25, -0.2) is 14.3 Å². The molecule has 10 nitrogen and oxygen atoms in total. The highest BCUT2D eigenvalue weighted by molar-refractivity contribution is 5.79. The highest BCUT2D eigenvalue weighted by Gasteiger charge is 2.22. The average Bonchev–Trinajstić information content (AvgIpc) is 3.05. The number of aliphatic carboxylic acids is 1. The first-order chi connectivity index (χ1) is 12.1. The molecule has 1 aromatic heterocycles. The monoisotopic (exact) mass is 349 g/mol. The van der Waals surface area contributed by atoms with Crippen LogP contribution in [0.1, 0.15) is 17.8 Å². The predicted octanol–water partition coefficient (Wildman–Crippen LogP) is 0.589. The largest absolute Gasteiger partial charge is 0.480 e. The lowest BCUT2D eigenvalue weighted by molar-refractivity contribution is -0.139. The fraction of sp³-hybridized carbons (Fsp3) is 0.400. The van der Waals surface area contributed by atoms with Crippen molar-refractivity contribution < 1.29 is 24.2 Å². The Labute approximate surface area is 143 Å². The lowest BCUT2D eigenvalue weighted by atomic mass is 10.1. The van der Waals surface area contributed by atoms with Crippen LogP contribution in [0, 0.1) is 0 Å². The number of tetrazole rings is 1. The van der Waals surface area contributed by atoms with Crippen molar-refractivity contribution in [2.75, 3.05) is 7.11 Å². The number of carboxylic acids is 1. The van der Waals surface area contributed by atoms with E-state index in [1.807, 2.05) is 18.2 Å². The van der Waals surface area contributed by atoms with E-state index in [1.165, 1.54) is 11.8 Å². The van der Waals surface area contributed by atoms with Crippen LogP contribution in [-0.4, -0.2) is 50.5 Å². The van der Waals surface area contributed by atoms with Crippen molar-refractivity contribution in [3.8, 4) is 0 Å². The second-order valence-electron chi connectivity index (χ2n) is 5.15. The van der Waals surface area contributed by atoms with Crippen LogP contribution < -0.4 is 5.32 Å². The van der Waals surface area contributed by atoms with Crippen LogP contribution in [0.15, 0.2) is 30.3 Å². The molecule has 2 rings (SSSR count). The zero-order valence-corrected chi connectivity index (χ0v) is 13.7. The summed E-state index contributed by atoms with van der Waals surface area (Å²) >= 11 is 0. The molecule has 0 aliphatic rings. The summed E-state index contributed by atoms with van der Waals surface area (Å²) in [5.41, 5.74) is 0.809. The quantitative estimate of drug-likeness (QED) is 0.673. The van der Waals surface area contributed by atoms with Gasteiger partial charge in [0.1, 0.15) is 19.4 Å². The zero-order chi connectivity index (χ0) is 18.1. The maximum Gasteiger partial charge on any atom is 0.408 e. The molecule has 1 heterocycles. The lowest BCUT2D eigenvalue weighted by Gasteiger charge is -2.14. The van der Waals surface area contributed by atoms with Crippen molar-refractivity contribution in [1.29, 1.82) is 0 Å². The topological polar surface area (TPSA) is 128 Å².